The average Bonchev–Trinajstić information content (AvgIpc) is 1.21. The van der Waals surface area contributed by atoms with Crippen LogP contribution in [0.4, 0.5) is 0 Å². The largest absolute Gasteiger partial charge is 0.400 e. The molecule has 1 atom stereocenters. The second-order valence-corrected chi connectivity index (χ2v) is 3.06. The van der Waals surface area contributed by atoms with Gasteiger partial charge in [-0.1, -0.05) is 0 Å². The molecule has 0 rings (SSSR count). The average molecular weight is 139 g/mol. The van der Waals surface area contributed by atoms with Gasteiger partial charge in [-0.2, -0.15) is 0 Å². The van der Waals surface area contributed by atoms with E-state index in [0.29, 0.717) is 0 Å². The first-order valence-electron chi connectivity index (χ1n) is 2.21. The number of nitrogens with two attached hydrogens (primary N) is 1. The molecule has 0 aliphatic carbocycles. The van der Waals surface area contributed by atoms with Crippen LogP contribution in [0.15, 0.2) is 0 Å². The molecular formula is C3H10NO3P. The zero-order valence-corrected chi connectivity index (χ0v) is 5.76. The highest BCUT2D eigenvalue weighted by molar-refractivity contribution is 7.50. The highest BCUT2D eigenvalue weighted by Gasteiger charge is 2.12. The molecule has 8 heavy (non-hydrogen) atoms. The Morgan fingerprint density at radius 2 is 2.12 bits per heavy atom. The summed E-state index contributed by atoms with van der Waals surface area (Å²) in [7, 11) is -3.72. The van der Waals surface area contributed by atoms with Crippen molar-refractivity contribution in [3.8, 4) is 0 Å². The molecule has 0 aromatic rings. The predicted molar refractivity (Wildman–Crippen MR) is 30.2 cm³/mol. The van der Waals surface area contributed by atoms with Crippen molar-refractivity contribution < 1.29 is 14.0 Å². The zero-order chi connectivity index (χ0) is 6.78. The summed E-state index contributed by atoms with van der Waals surface area (Å²) >= 11 is 0. The number of hydrogen-bond acceptors (Lipinski definition) is 2. The normalized spacial score (nSPS) is 18.6. The van der Waals surface area contributed by atoms with E-state index in [1.54, 1.807) is 13.8 Å². The molecule has 0 bridgehead atoms. The molecule has 0 heterocycles. The molecule has 0 saturated heterocycles. The van der Waals surface area contributed by atoms with Crippen molar-refractivity contribution in [3.63, 3.8) is 0 Å². The number of hydrogen-bond donors (Lipinski definition) is 2. The maximum atomic E-state index is 10.1. The van der Waals surface area contributed by atoms with Gasteiger partial charge in [0.1, 0.15) is 0 Å². The standard InChI is InChI=1S/C3H10NO3P/c1-3(2)7-8(4,5)6/h3H,1-2H3,(H3,4,5,6). The van der Waals surface area contributed by atoms with E-state index in [2.05, 4.69) is 10.0 Å². The molecule has 50 valence electrons. The van der Waals surface area contributed by atoms with Crippen LogP contribution in [0.3, 0.4) is 0 Å². The SMILES string of the molecule is CC(C)OP(N)(=O)O. The topological polar surface area (TPSA) is 72.5 Å². The van der Waals surface area contributed by atoms with Gasteiger partial charge < -0.3 is 4.89 Å². The van der Waals surface area contributed by atoms with Gasteiger partial charge in [-0.3, -0.25) is 4.52 Å². The van der Waals surface area contributed by atoms with Crippen LogP contribution in [0.1, 0.15) is 13.8 Å². The van der Waals surface area contributed by atoms with Crippen molar-refractivity contribution in [1.82, 2.24) is 0 Å². The van der Waals surface area contributed by atoms with E-state index < -0.39 is 7.75 Å². The molecule has 1 unspecified atom stereocenters. The first kappa shape index (κ1) is 8.11. The summed E-state index contributed by atoms with van der Waals surface area (Å²) < 4.78 is 14.5. The van der Waals surface area contributed by atoms with E-state index >= 15 is 0 Å². The Morgan fingerprint density at radius 3 is 2.12 bits per heavy atom. The molecule has 0 amide bonds. The maximum Gasteiger partial charge on any atom is 0.400 e. The quantitative estimate of drug-likeness (QED) is 0.545. The molecule has 0 radical (unpaired) electrons. The van der Waals surface area contributed by atoms with Crippen molar-refractivity contribution in [1.29, 1.82) is 0 Å². The van der Waals surface area contributed by atoms with Gasteiger partial charge in [-0.15, -0.1) is 0 Å². The lowest BCUT2D eigenvalue weighted by molar-refractivity contribution is 0.205. The van der Waals surface area contributed by atoms with Crippen molar-refractivity contribution in [2.75, 3.05) is 0 Å². The molecular weight excluding hydrogens is 129 g/mol. The molecule has 0 aromatic carbocycles. The van der Waals surface area contributed by atoms with Gasteiger partial charge in [0.2, 0.25) is 0 Å². The molecule has 0 aliphatic heterocycles. The van der Waals surface area contributed by atoms with E-state index in [4.69, 9.17) is 4.89 Å². The fourth-order valence-corrected chi connectivity index (χ4v) is 0.906. The van der Waals surface area contributed by atoms with Crippen LogP contribution < -0.4 is 5.50 Å². The van der Waals surface area contributed by atoms with Crippen LogP contribution in [0.2, 0.25) is 0 Å². The Hall–Kier alpha value is 0.110. The summed E-state index contributed by atoms with van der Waals surface area (Å²) in [4.78, 5) is 8.30. The van der Waals surface area contributed by atoms with E-state index in [1.165, 1.54) is 0 Å². The second kappa shape index (κ2) is 2.60. The van der Waals surface area contributed by atoms with E-state index in [9.17, 15) is 4.57 Å². The highest BCUT2D eigenvalue weighted by atomic mass is 31.2. The summed E-state index contributed by atoms with van der Waals surface area (Å²) in [6.45, 7) is 3.27. The monoisotopic (exact) mass is 139 g/mol. The van der Waals surface area contributed by atoms with Gasteiger partial charge in [-0.25, -0.2) is 10.1 Å². The molecule has 0 spiro atoms. The Balaban J connectivity index is 3.56. The summed E-state index contributed by atoms with van der Waals surface area (Å²) in [6.07, 6.45) is -0.296. The minimum Gasteiger partial charge on any atom is -0.313 e. The second-order valence-electron chi connectivity index (χ2n) is 1.72. The van der Waals surface area contributed by atoms with Crippen LogP contribution in [0.25, 0.3) is 0 Å². The lowest BCUT2D eigenvalue weighted by atomic mass is 10.5. The van der Waals surface area contributed by atoms with Crippen LogP contribution in [0.5, 0.6) is 0 Å². The molecule has 0 saturated carbocycles. The third-order valence-electron chi connectivity index (χ3n) is 0.362. The zero-order valence-electron chi connectivity index (χ0n) is 4.87. The van der Waals surface area contributed by atoms with E-state index in [-0.39, 0.29) is 6.10 Å². The Labute approximate surface area is 48.2 Å². The minimum absolute atomic E-state index is 0.296. The summed E-state index contributed by atoms with van der Waals surface area (Å²) in [6, 6.07) is 0. The van der Waals surface area contributed by atoms with Gasteiger partial charge in [0.25, 0.3) is 0 Å². The molecule has 3 N–H and O–H groups in total. The lowest BCUT2D eigenvalue weighted by Gasteiger charge is -2.07. The van der Waals surface area contributed by atoms with Gasteiger partial charge in [-0.05, 0) is 13.8 Å². The molecule has 4 nitrogen and oxygen atoms in total. The van der Waals surface area contributed by atoms with Crippen LogP contribution >= 0.6 is 7.75 Å². The smallest absolute Gasteiger partial charge is 0.313 e. The minimum atomic E-state index is -3.72. The highest BCUT2D eigenvalue weighted by Crippen LogP contribution is 2.32. The molecule has 0 aliphatic rings. The van der Waals surface area contributed by atoms with Crippen molar-refractivity contribution in [3.05, 3.63) is 0 Å². The fraction of sp³-hybridized carbons (Fsp3) is 1.00. The maximum absolute atomic E-state index is 10.1. The lowest BCUT2D eigenvalue weighted by Crippen LogP contribution is -2.05. The Morgan fingerprint density at radius 1 is 1.75 bits per heavy atom. The number of rotatable bonds is 2. The van der Waals surface area contributed by atoms with Crippen LogP contribution in [0, 0.1) is 0 Å². The van der Waals surface area contributed by atoms with Crippen LogP contribution in [-0.2, 0) is 9.09 Å². The van der Waals surface area contributed by atoms with Crippen molar-refractivity contribution >= 4 is 7.75 Å². The van der Waals surface area contributed by atoms with Gasteiger partial charge in [0.05, 0.1) is 6.10 Å². The summed E-state index contributed by atoms with van der Waals surface area (Å²) in [5.74, 6) is 0. The molecule has 0 fully saturated rings. The van der Waals surface area contributed by atoms with E-state index in [0.717, 1.165) is 0 Å². The van der Waals surface area contributed by atoms with Gasteiger partial charge in [0.15, 0.2) is 0 Å². The summed E-state index contributed by atoms with van der Waals surface area (Å²) in [5, 5.41) is 0. The molecule has 0 aromatic heterocycles. The first-order valence-corrected chi connectivity index (χ1v) is 3.86. The Bertz CT molecular complexity index is 107. The first-order chi connectivity index (χ1) is 3.42. The van der Waals surface area contributed by atoms with Crippen molar-refractivity contribution in [2.24, 2.45) is 5.50 Å². The van der Waals surface area contributed by atoms with Gasteiger partial charge >= 0.3 is 7.75 Å². The third-order valence-corrected chi connectivity index (χ3v) is 1.09. The van der Waals surface area contributed by atoms with E-state index in [1.807, 2.05) is 0 Å². The predicted octanol–water partition coefficient (Wildman–Crippen LogP) is 0.470. The van der Waals surface area contributed by atoms with Crippen molar-refractivity contribution in [2.45, 2.75) is 20.0 Å². The van der Waals surface area contributed by atoms with Crippen LogP contribution in [-0.4, -0.2) is 11.0 Å². The van der Waals surface area contributed by atoms with Gasteiger partial charge in [0, 0.05) is 0 Å². The fourth-order valence-electron chi connectivity index (χ4n) is 0.302. The Kier molecular flexibility index (Phi) is 2.63. The summed E-state index contributed by atoms with van der Waals surface area (Å²) in [5.41, 5.74) is 4.63. The molecule has 5 heteroatoms. The third kappa shape index (κ3) is 6.11.